The van der Waals surface area contributed by atoms with Gasteiger partial charge < -0.3 is 4.42 Å². The van der Waals surface area contributed by atoms with Gasteiger partial charge in [0.05, 0.1) is 11.6 Å². The van der Waals surface area contributed by atoms with Crippen molar-refractivity contribution < 1.29 is 4.42 Å². The van der Waals surface area contributed by atoms with E-state index in [4.69, 9.17) is 9.40 Å². The Kier molecular flexibility index (Phi) is 3.10. The van der Waals surface area contributed by atoms with Gasteiger partial charge in [-0.3, -0.25) is 0 Å². The molecule has 4 aromatic rings. The van der Waals surface area contributed by atoms with Crippen LogP contribution in [0.25, 0.3) is 27.4 Å². The minimum absolute atomic E-state index is 0.345. The molecule has 0 spiro atoms. The zero-order valence-corrected chi connectivity index (χ0v) is 15.4. The first-order valence-electron chi connectivity index (χ1n) is 8.70. The number of nitrogens with zero attached hydrogens (tertiary/aromatic N) is 4. The summed E-state index contributed by atoms with van der Waals surface area (Å²) in [6, 6.07) is 3.74. The fraction of sp³-hybridized carbons (Fsp3) is 0.421. The summed E-state index contributed by atoms with van der Waals surface area (Å²) in [6.45, 7) is 7.04. The van der Waals surface area contributed by atoms with E-state index in [2.05, 4.69) is 30.9 Å². The molecule has 5 nitrogen and oxygen atoms in total. The Labute approximate surface area is 149 Å². The van der Waals surface area contributed by atoms with Gasteiger partial charge in [0.25, 0.3) is 0 Å². The first kappa shape index (κ1) is 15.1. The van der Waals surface area contributed by atoms with E-state index in [0.717, 1.165) is 29.2 Å². The molecule has 128 valence electrons. The molecule has 0 amide bonds. The number of fused-ring (bicyclic) bond motifs is 5. The van der Waals surface area contributed by atoms with Gasteiger partial charge in [-0.25, -0.2) is 14.5 Å². The van der Waals surface area contributed by atoms with Gasteiger partial charge in [0.1, 0.15) is 11.2 Å². The second kappa shape index (κ2) is 5.14. The van der Waals surface area contributed by atoms with Crippen LogP contribution >= 0.6 is 11.3 Å². The van der Waals surface area contributed by atoms with Crippen LogP contribution in [0.1, 0.15) is 37.6 Å². The highest BCUT2D eigenvalue weighted by atomic mass is 32.1. The Morgan fingerprint density at radius 2 is 2.20 bits per heavy atom. The number of aromatic nitrogens is 4. The lowest BCUT2D eigenvalue weighted by molar-refractivity contribution is 0.218. The van der Waals surface area contributed by atoms with E-state index < -0.39 is 0 Å². The summed E-state index contributed by atoms with van der Waals surface area (Å²) >= 11 is 1.83. The number of rotatable bonds is 1. The van der Waals surface area contributed by atoms with Crippen LogP contribution in [0.3, 0.4) is 0 Å². The molecule has 0 aliphatic heterocycles. The van der Waals surface area contributed by atoms with Gasteiger partial charge in [0, 0.05) is 4.88 Å². The third-order valence-electron chi connectivity index (χ3n) is 5.35. The van der Waals surface area contributed by atoms with E-state index in [9.17, 15) is 0 Å². The lowest BCUT2D eigenvalue weighted by atomic mass is 9.72. The van der Waals surface area contributed by atoms with Crippen LogP contribution in [0, 0.1) is 11.3 Å². The van der Waals surface area contributed by atoms with Gasteiger partial charge in [-0.1, -0.05) is 20.8 Å². The van der Waals surface area contributed by atoms with E-state index in [1.54, 1.807) is 17.1 Å². The Morgan fingerprint density at radius 3 is 2.96 bits per heavy atom. The van der Waals surface area contributed by atoms with Crippen molar-refractivity contribution in [3.63, 3.8) is 0 Å². The predicted octanol–water partition coefficient (Wildman–Crippen LogP) is 4.75. The maximum atomic E-state index is 5.45. The largest absolute Gasteiger partial charge is 0.461 e. The van der Waals surface area contributed by atoms with Crippen LogP contribution in [0.5, 0.6) is 0 Å². The molecule has 1 aliphatic rings. The standard InChI is InChI=1S/C19H20N4OS/c1-19(2,3)11-6-7-12-14(9-11)25-18-15(12)17-21-16(13-5-4-8-24-13)22-23(17)10-20-18/h4-5,8,10-11H,6-7,9H2,1-3H3. The molecule has 0 bridgehead atoms. The third-order valence-corrected chi connectivity index (χ3v) is 6.51. The molecule has 1 aliphatic carbocycles. The fourth-order valence-corrected chi connectivity index (χ4v) is 5.09. The van der Waals surface area contributed by atoms with Crippen molar-refractivity contribution >= 4 is 27.2 Å². The first-order valence-corrected chi connectivity index (χ1v) is 9.52. The minimum atomic E-state index is 0.345. The zero-order valence-electron chi connectivity index (χ0n) is 14.6. The molecule has 5 rings (SSSR count). The normalized spacial score (nSPS) is 18.1. The summed E-state index contributed by atoms with van der Waals surface area (Å²) in [5.74, 6) is 2.03. The van der Waals surface area contributed by atoms with Crippen molar-refractivity contribution in [2.45, 2.75) is 40.0 Å². The van der Waals surface area contributed by atoms with Gasteiger partial charge in [0.15, 0.2) is 11.4 Å². The predicted molar refractivity (Wildman–Crippen MR) is 98.8 cm³/mol. The summed E-state index contributed by atoms with van der Waals surface area (Å²) in [7, 11) is 0. The van der Waals surface area contributed by atoms with Crippen LogP contribution in [-0.2, 0) is 12.8 Å². The molecule has 1 atom stereocenters. The molecule has 0 saturated carbocycles. The lowest BCUT2D eigenvalue weighted by Crippen LogP contribution is -2.26. The topological polar surface area (TPSA) is 56.2 Å². The Bertz CT molecular complexity index is 1070. The Hall–Kier alpha value is -2.21. The number of aryl methyl sites for hydroxylation is 1. The van der Waals surface area contributed by atoms with Crippen molar-refractivity contribution in [1.29, 1.82) is 0 Å². The van der Waals surface area contributed by atoms with Crippen molar-refractivity contribution in [3.8, 4) is 11.6 Å². The molecule has 6 heteroatoms. The maximum Gasteiger partial charge on any atom is 0.217 e. The quantitative estimate of drug-likeness (QED) is 0.496. The van der Waals surface area contributed by atoms with Gasteiger partial charge in [-0.15, -0.1) is 16.4 Å². The number of hydrogen-bond acceptors (Lipinski definition) is 5. The summed E-state index contributed by atoms with van der Waals surface area (Å²) in [5, 5.41) is 5.72. The second-order valence-corrected chi connectivity index (χ2v) is 9.00. The lowest BCUT2D eigenvalue weighted by Gasteiger charge is -2.33. The van der Waals surface area contributed by atoms with E-state index >= 15 is 0 Å². The van der Waals surface area contributed by atoms with Crippen LogP contribution < -0.4 is 0 Å². The molecular weight excluding hydrogens is 332 g/mol. The summed E-state index contributed by atoms with van der Waals surface area (Å²) in [5.41, 5.74) is 2.66. The molecule has 25 heavy (non-hydrogen) atoms. The highest BCUT2D eigenvalue weighted by Crippen LogP contribution is 2.43. The van der Waals surface area contributed by atoms with Gasteiger partial charge >= 0.3 is 0 Å². The molecule has 0 aromatic carbocycles. The molecular formula is C19H20N4OS. The van der Waals surface area contributed by atoms with Crippen molar-refractivity contribution in [2.75, 3.05) is 0 Å². The molecule has 4 heterocycles. The van der Waals surface area contributed by atoms with Gasteiger partial charge in [-0.05, 0) is 48.3 Å². The summed E-state index contributed by atoms with van der Waals surface area (Å²) in [6.07, 6.45) is 6.88. The van der Waals surface area contributed by atoms with E-state index in [1.165, 1.54) is 22.2 Å². The van der Waals surface area contributed by atoms with Gasteiger partial charge in [0.2, 0.25) is 5.82 Å². The monoisotopic (exact) mass is 352 g/mol. The molecule has 4 aromatic heterocycles. The first-order chi connectivity index (χ1) is 12.0. The van der Waals surface area contributed by atoms with E-state index in [-0.39, 0.29) is 0 Å². The average Bonchev–Trinajstić information content (AvgIpc) is 3.29. The number of hydrogen-bond donors (Lipinski definition) is 0. The third kappa shape index (κ3) is 2.31. The molecule has 0 fully saturated rings. The van der Waals surface area contributed by atoms with Crippen LogP contribution in [-0.4, -0.2) is 19.6 Å². The SMILES string of the molecule is CC(C)(C)C1CCc2c(sc3ncn4nc(-c5ccco5)nc4c23)C1. The van der Waals surface area contributed by atoms with Crippen LogP contribution in [0.2, 0.25) is 0 Å². The van der Waals surface area contributed by atoms with Crippen LogP contribution in [0.15, 0.2) is 29.1 Å². The average molecular weight is 352 g/mol. The molecule has 1 unspecified atom stereocenters. The number of thiophene rings is 1. The van der Waals surface area contributed by atoms with Crippen molar-refractivity contribution in [1.82, 2.24) is 19.6 Å². The maximum absolute atomic E-state index is 5.45. The highest BCUT2D eigenvalue weighted by molar-refractivity contribution is 7.19. The summed E-state index contributed by atoms with van der Waals surface area (Å²) < 4.78 is 7.23. The fourth-order valence-electron chi connectivity index (χ4n) is 3.82. The minimum Gasteiger partial charge on any atom is -0.461 e. The Balaban J connectivity index is 1.68. The Morgan fingerprint density at radius 1 is 1.32 bits per heavy atom. The molecule has 0 N–H and O–H groups in total. The smallest absolute Gasteiger partial charge is 0.217 e. The molecule has 0 saturated heterocycles. The molecule has 0 radical (unpaired) electrons. The highest BCUT2D eigenvalue weighted by Gasteiger charge is 2.31. The second-order valence-electron chi connectivity index (χ2n) is 7.92. The van der Waals surface area contributed by atoms with Crippen LogP contribution in [0.4, 0.5) is 0 Å². The van der Waals surface area contributed by atoms with Crippen molar-refractivity contribution in [3.05, 3.63) is 35.2 Å². The number of furan rings is 1. The summed E-state index contributed by atoms with van der Waals surface area (Å²) in [4.78, 5) is 12.0. The van der Waals surface area contributed by atoms with Crippen molar-refractivity contribution in [2.24, 2.45) is 11.3 Å². The van der Waals surface area contributed by atoms with E-state index in [0.29, 0.717) is 17.0 Å². The zero-order chi connectivity index (χ0) is 17.2. The van der Waals surface area contributed by atoms with Gasteiger partial charge in [-0.2, -0.15) is 0 Å². The van der Waals surface area contributed by atoms with E-state index in [1.807, 2.05) is 23.5 Å².